The van der Waals surface area contributed by atoms with Crippen LogP contribution in [0.2, 0.25) is 5.02 Å². The zero-order valence-corrected chi connectivity index (χ0v) is 10.3. The molecule has 1 atom stereocenters. The Morgan fingerprint density at radius 2 is 2.24 bits per heavy atom. The largest absolute Gasteiger partial charge is 0.465 e. The SMILES string of the molecule is CCOC(=O)C(C)C(=O)Nc1ccc(Cl)cn1. The first kappa shape index (κ1) is 13.4. The van der Waals surface area contributed by atoms with Gasteiger partial charge >= 0.3 is 5.97 Å². The number of esters is 1. The Hall–Kier alpha value is -1.62. The second-order valence-electron chi connectivity index (χ2n) is 3.32. The summed E-state index contributed by atoms with van der Waals surface area (Å²) in [5.41, 5.74) is 0. The van der Waals surface area contributed by atoms with Gasteiger partial charge in [-0.05, 0) is 26.0 Å². The zero-order valence-electron chi connectivity index (χ0n) is 9.57. The first-order chi connectivity index (χ1) is 8.04. The number of anilines is 1. The molecule has 5 nitrogen and oxygen atoms in total. The maximum Gasteiger partial charge on any atom is 0.318 e. The first-order valence-corrected chi connectivity index (χ1v) is 5.51. The number of ether oxygens (including phenoxy) is 1. The maximum atomic E-state index is 11.6. The molecule has 0 bridgehead atoms. The van der Waals surface area contributed by atoms with Crippen LogP contribution in [0.5, 0.6) is 0 Å². The summed E-state index contributed by atoms with van der Waals surface area (Å²) >= 11 is 5.65. The van der Waals surface area contributed by atoms with Gasteiger partial charge in [0.2, 0.25) is 5.91 Å². The van der Waals surface area contributed by atoms with Crippen molar-refractivity contribution in [3.63, 3.8) is 0 Å². The lowest BCUT2D eigenvalue weighted by Crippen LogP contribution is -2.29. The Kier molecular flexibility index (Phi) is 4.90. The molecule has 0 saturated carbocycles. The van der Waals surface area contributed by atoms with Crippen molar-refractivity contribution in [2.75, 3.05) is 11.9 Å². The minimum Gasteiger partial charge on any atom is -0.465 e. The van der Waals surface area contributed by atoms with Gasteiger partial charge < -0.3 is 10.1 Å². The standard InChI is InChI=1S/C11H13ClN2O3/c1-3-17-11(16)7(2)10(15)14-9-5-4-8(12)6-13-9/h4-7H,3H2,1-2H3,(H,13,14,15). The molecule has 1 amide bonds. The van der Waals surface area contributed by atoms with E-state index >= 15 is 0 Å². The van der Waals surface area contributed by atoms with Crippen LogP contribution in [0.4, 0.5) is 5.82 Å². The Labute approximate surface area is 104 Å². The molecule has 0 aliphatic heterocycles. The molecule has 0 fully saturated rings. The molecule has 6 heteroatoms. The smallest absolute Gasteiger partial charge is 0.318 e. The second-order valence-corrected chi connectivity index (χ2v) is 3.76. The van der Waals surface area contributed by atoms with E-state index in [1.165, 1.54) is 13.1 Å². The molecule has 17 heavy (non-hydrogen) atoms. The summed E-state index contributed by atoms with van der Waals surface area (Å²) in [4.78, 5) is 26.8. The summed E-state index contributed by atoms with van der Waals surface area (Å²) < 4.78 is 4.74. The molecule has 1 N–H and O–H groups in total. The minimum atomic E-state index is -0.868. The van der Waals surface area contributed by atoms with Gasteiger partial charge in [0.15, 0.2) is 0 Å². The summed E-state index contributed by atoms with van der Waals surface area (Å²) in [5, 5.41) is 2.97. The van der Waals surface area contributed by atoms with Crippen molar-refractivity contribution < 1.29 is 14.3 Å². The fourth-order valence-electron chi connectivity index (χ4n) is 1.06. The molecule has 0 aliphatic carbocycles. The van der Waals surface area contributed by atoms with Crippen LogP contribution in [0, 0.1) is 5.92 Å². The van der Waals surface area contributed by atoms with Crippen molar-refractivity contribution in [2.24, 2.45) is 5.92 Å². The average Bonchev–Trinajstić information content (AvgIpc) is 2.31. The Morgan fingerprint density at radius 3 is 2.76 bits per heavy atom. The highest BCUT2D eigenvalue weighted by molar-refractivity contribution is 6.30. The number of aromatic nitrogens is 1. The fourth-order valence-corrected chi connectivity index (χ4v) is 1.17. The number of nitrogens with one attached hydrogen (secondary N) is 1. The number of carbonyl (C=O) groups excluding carboxylic acids is 2. The molecule has 0 saturated heterocycles. The normalized spacial score (nSPS) is 11.7. The topological polar surface area (TPSA) is 68.3 Å². The van der Waals surface area contributed by atoms with Crippen molar-refractivity contribution >= 4 is 29.3 Å². The molecule has 0 aromatic carbocycles. The maximum absolute atomic E-state index is 11.6. The number of carbonyl (C=O) groups is 2. The number of hydrogen-bond donors (Lipinski definition) is 1. The van der Waals surface area contributed by atoms with E-state index in [9.17, 15) is 9.59 Å². The van der Waals surface area contributed by atoms with Crippen molar-refractivity contribution in [2.45, 2.75) is 13.8 Å². The molecule has 0 radical (unpaired) electrons. The van der Waals surface area contributed by atoms with Crippen LogP contribution in [0.15, 0.2) is 18.3 Å². The summed E-state index contributed by atoms with van der Waals surface area (Å²) in [6.45, 7) is 3.40. The monoisotopic (exact) mass is 256 g/mol. The lowest BCUT2D eigenvalue weighted by molar-refractivity contribution is -0.150. The van der Waals surface area contributed by atoms with E-state index in [2.05, 4.69) is 10.3 Å². The number of pyridine rings is 1. The second kappa shape index (κ2) is 6.20. The summed E-state index contributed by atoms with van der Waals surface area (Å²) in [5.74, 6) is -1.54. The summed E-state index contributed by atoms with van der Waals surface area (Å²) in [6.07, 6.45) is 1.41. The van der Waals surface area contributed by atoms with Crippen LogP contribution in [-0.4, -0.2) is 23.5 Å². The number of nitrogens with zero attached hydrogens (tertiary/aromatic N) is 1. The van der Waals surface area contributed by atoms with Gasteiger partial charge in [-0.25, -0.2) is 4.98 Å². The van der Waals surface area contributed by atoms with Gasteiger partial charge in [-0.2, -0.15) is 0 Å². The van der Waals surface area contributed by atoms with Crippen LogP contribution in [0.1, 0.15) is 13.8 Å². The molecule has 0 aliphatic rings. The third-order valence-electron chi connectivity index (χ3n) is 2.01. The molecule has 1 rings (SSSR count). The molecular formula is C11H13ClN2O3. The molecule has 92 valence electrons. The van der Waals surface area contributed by atoms with Crippen LogP contribution in [0.25, 0.3) is 0 Å². The predicted molar refractivity (Wildman–Crippen MR) is 63.7 cm³/mol. The van der Waals surface area contributed by atoms with E-state index in [4.69, 9.17) is 16.3 Å². The number of halogens is 1. The van der Waals surface area contributed by atoms with Crippen LogP contribution in [0.3, 0.4) is 0 Å². The molecule has 1 heterocycles. The number of hydrogen-bond acceptors (Lipinski definition) is 4. The van der Waals surface area contributed by atoms with E-state index in [0.29, 0.717) is 10.8 Å². The molecule has 1 unspecified atom stereocenters. The molecular weight excluding hydrogens is 244 g/mol. The van der Waals surface area contributed by atoms with Crippen LogP contribution < -0.4 is 5.32 Å². The first-order valence-electron chi connectivity index (χ1n) is 5.13. The van der Waals surface area contributed by atoms with E-state index in [-0.39, 0.29) is 6.61 Å². The predicted octanol–water partition coefficient (Wildman–Crippen LogP) is 1.87. The Balaban J connectivity index is 2.59. The van der Waals surface area contributed by atoms with Gasteiger partial charge in [0.1, 0.15) is 11.7 Å². The Morgan fingerprint density at radius 1 is 1.53 bits per heavy atom. The van der Waals surface area contributed by atoms with E-state index < -0.39 is 17.8 Å². The third kappa shape index (κ3) is 4.03. The summed E-state index contributed by atoms with van der Waals surface area (Å²) in [6, 6.07) is 3.15. The van der Waals surface area contributed by atoms with Crippen LogP contribution in [-0.2, 0) is 14.3 Å². The van der Waals surface area contributed by atoms with Gasteiger partial charge in [-0.15, -0.1) is 0 Å². The van der Waals surface area contributed by atoms with Gasteiger partial charge in [0.25, 0.3) is 0 Å². The summed E-state index contributed by atoms with van der Waals surface area (Å²) in [7, 11) is 0. The van der Waals surface area contributed by atoms with Crippen molar-refractivity contribution in [3.8, 4) is 0 Å². The number of rotatable bonds is 4. The van der Waals surface area contributed by atoms with Gasteiger partial charge in [-0.1, -0.05) is 11.6 Å². The van der Waals surface area contributed by atoms with E-state index in [1.54, 1.807) is 19.1 Å². The average molecular weight is 257 g/mol. The van der Waals surface area contributed by atoms with Crippen molar-refractivity contribution in [1.29, 1.82) is 0 Å². The molecule has 0 spiro atoms. The lowest BCUT2D eigenvalue weighted by Gasteiger charge is -2.10. The zero-order chi connectivity index (χ0) is 12.8. The van der Waals surface area contributed by atoms with Crippen LogP contribution >= 0.6 is 11.6 Å². The quantitative estimate of drug-likeness (QED) is 0.660. The Bertz CT molecular complexity index is 406. The van der Waals surface area contributed by atoms with E-state index in [1.807, 2.05) is 0 Å². The number of amides is 1. The highest BCUT2D eigenvalue weighted by Crippen LogP contribution is 2.11. The lowest BCUT2D eigenvalue weighted by atomic mass is 10.1. The fraction of sp³-hybridized carbons (Fsp3) is 0.364. The van der Waals surface area contributed by atoms with Gasteiger partial charge in [0.05, 0.1) is 11.6 Å². The highest BCUT2D eigenvalue weighted by Gasteiger charge is 2.22. The van der Waals surface area contributed by atoms with Crippen molar-refractivity contribution in [3.05, 3.63) is 23.4 Å². The van der Waals surface area contributed by atoms with E-state index in [0.717, 1.165) is 0 Å². The third-order valence-corrected chi connectivity index (χ3v) is 2.24. The highest BCUT2D eigenvalue weighted by atomic mass is 35.5. The molecule has 1 aromatic heterocycles. The van der Waals surface area contributed by atoms with Gasteiger partial charge in [-0.3, -0.25) is 9.59 Å². The molecule has 1 aromatic rings. The van der Waals surface area contributed by atoms with Gasteiger partial charge in [0, 0.05) is 6.20 Å². The minimum absolute atomic E-state index is 0.246. The van der Waals surface area contributed by atoms with Crippen molar-refractivity contribution in [1.82, 2.24) is 4.98 Å².